The number of benzene rings is 7. The number of aromatic nitrogens is 3. The highest BCUT2D eigenvalue weighted by molar-refractivity contribution is 6.29. The largest absolute Gasteiger partial charge is 0.455 e. The highest BCUT2D eigenvalue weighted by atomic mass is 16.3. The van der Waals surface area contributed by atoms with Gasteiger partial charge < -0.3 is 13.6 Å². The van der Waals surface area contributed by atoms with E-state index in [1.807, 2.05) is 18.3 Å². The Labute approximate surface area is 293 Å². The molecule has 11 rings (SSSR count). The second kappa shape index (κ2) is 10.8. The highest BCUT2D eigenvalue weighted by Gasteiger charge is 2.22. The van der Waals surface area contributed by atoms with E-state index in [0.29, 0.717) is 0 Å². The van der Waals surface area contributed by atoms with E-state index in [2.05, 4.69) is 172 Å². The molecule has 4 nitrogen and oxygen atoms in total. The van der Waals surface area contributed by atoms with Gasteiger partial charge in [-0.15, -0.1) is 0 Å². The van der Waals surface area contributed by atoms with Crippen molar-refractivity contribution in [3.63, 3.8) is 0 Å². The van der Waals surface area contributed by atoms with Crippen LogP contribution in [0.15, 0.2) is 180 Å². The molecule has 4 heteroatoms. The predicted molar refractivity (Wildman–Crippen MR) is 211 cm³/mol. The van der Waals surface area contributed by atoms with Gasteiger partial charge >= 0.3 is 0 Å². The van der Waals surface area contributed by atoms with Crippen molar-refractivity contribution < 1.29 is 4.42 Å². The maximum Gasteiger partial charge on any atom is 0.145 e. The number of pyridine rings is 1. The first-order valence-corrected chi connectivity index (χ1v) is 17.3. The lowest BCUT2D eigenvalue weighted by Gasteiger charge is -2.10. The zero-order valence-electron chi connectivity index (χ0n) is 27.5. The molecule has 4 aromatic heterocycles. The van der Waals surface area contributed by atoms with Crippen LogP contribution in [0.4, 0.5) is 0 Å². The third kappa shape index (κ3) is 4.11. The molecule has 0 saturated heterocycles. The maximum atomic E-state index is 7.14. The van der Waals surface area contributed by atoms with Crippen molar-refractivity contribution in [2.45, 2.75) is 0 Å². The Kier molecular flexibility index (Phi) is 5.92. The lowest BCUT2D eigenvalue weighted by molar-refractivity contribution is 0.677. The summed E-state index contributed by atoms with van der Waals surface area (Å²) in [7, 11) is 0. The minimum absolute atomic E-state index is 0.911. The molecule has 11 aromatic rings. The molecule has 0 aliphatic heterocycles. The number of para-hydroxylation sites is 2. The van der Waals surface area contributed by atoms with Gasteiger partial charge in [-0.25, -0.2) is 0 Å². The molecular weight excluding hydrogens is 623 g/mol. The fourth-order valence-corrected chi connectivity index (χ4v) is 8.15. The van der Waals surface area contributed by atoms with Crippen molar-refractivity contribution in [2.24, 2.45) is 0 Å². The lowest BCUT2D eigenvalue weighted by Crippen LogP contribution is -1.94. The van der Waals surface area contributed by atoms with Crippen molar-refractivity contribution in [2.75, 3.05) is 0 Å². The molecule has 51 heavy (non-hydrogen) atoms. The summed E-state index contributed by atoms with van der Waals surface area (Å²) < 4.78 is 11.9. The van der Waals surface area contributed by atoms with Gasteiger partial charge in [0.1, 0.15) is 11.2 Å². The number of hydrogen-bond acceptors (Lipinski definition) is 2. The molecule has 0 aliphatic rings. The molecule has 0 atom stereocenters. The van der Waals surface area contributed by atoms with E-state index in [1.54, 1.807) is 0 Å². The van der Waals surface area contributed by atoms with Crippen LogP contribution in [0.5, 0.6) is 0 Å². The second-order valence-corrected chi connectivity index (χ2v) is 13.2. The molecule has 0 N–H and O–H groups in total. The smallest absolute Gasteiger partial charge is 0.145 e. The van der Waals surface area contributed by atoms with E-state index in [0.717, 1.165) is 82.8 Å². The monoisotopic (exact) mass is 651 g/mol. The Morgan fingerprint density at radius 3 is 1.51 bits per heavy atom. The van der Waals surface area contributed by atoms with Crippen molar-refractivity contribution in [3.05, 3.63) is 176 Å². The average Bonchev–Trinajstić information content (AvgIpc) is 3.86. The van der Waals surface area contributed by atoms with Crippen LogP contribution in [0.3, 0.4) is 0 Å². The van der Waals surface area contributed by atoms with Crippen molar-refractivity contribution in [1.82, 2.24) is 14.1 Å². The number of furan rings is 1. The fraction of sp³-hybridized carbons (Fsp3) is 0. The zero-order valence-corrected chi connectivity index (χ0v) is 27.5. The number of hydrogen-bond donors (Lipinski definition) is 0. The summed E-state index contributed by atoms with van der Waals surface area (Å²) in [5.41, 5.74) is 13.0. The van der Waals surface area contributed by atoms with Gasteiger partial charge in [-0.1, -0.05) is 97.1 Å². The summed E-state index contributed by atoms with van der Waals surface area (Å²) in [5.74, 6) is 0. The Hall–Kier alpha value is -6.91. The van der Waals surface area contributed by atoms with Crippen molar-refractivity contribution >= 4 is 65.6 Å². The Morgan fingerprint density at radius 2 is 0.902 bits per heavy atom. The van der Waals surface area contributed by atoms with Gasteiger partial charge in [0.2, 0.25) is 0 Å². The SMILES string of the molecule is c1ccc(-c2cccc(-n3c4ccccc4c4c5oc6c(ccc7c6c6ccccc6n7-c6cccc(-c7ccccn7)c6)c5ccc43)c2)cc1. The average molecular weight is 652 g/mol. The molecule has 0 aliphatic carbocycles. The molecule has 0 bridgehead atoms. The predicted octanol–water partition coefficient (Wildman–Crippen LogP) is 12.5. The second-order valence-electron chi connectivity index (χ2n) is 13.2. The van der Waals surface area contributed by atoms with E-state index in [9.17, 15) is 0 Å². The number of rotatable bonds is 4. The van der Waals surface area contributed by atoms with Crippen LogP contribution in [-0.2, 0) is 0 Å². The molecular formula is C47H29N3O. The van der Waals surface area contributed by atoms with Crippen LogP contribution >= 0.6 is 0 Å². The van der Waals surface area contributed by atoms with E-state index in [-0.39, 0.29) is 0 Å². The first-order valence-electron chi connectivity index (χ1n) is 17.3. The Morgan fingerprint density at radius 1 is 0.373 bits per heavy atom. The molecule has 238 valence electrons. The van der Waals surface area contributed by atoms with Gasteiger partial charge in [-0.3, -0.25) is 4.98 Å². The molecule has 0 amide bonds. The highest BCUT2D eigenvalue weighted by Crippen LogP contribution is 2.45. The first-order chi connectivity index (χ1) is 25.3. The van der Waals surface area contributed by atoms with Crippen LogP contribution in [0.25, 0.3) is 99.3 Å². The number of nitrogens with zero attached hydrogens (tertiary/aromatic N) is 3. The first kappa shape index (κ1) is 28.0. The van der Waals surface area contributed by atoms with Crippen LogP contribution in [0.2, 0.25) is 0 Å². The van der Waals surface area contributed by atoms with E-state index >= 15 is 0 Å². The van der Waals surface area contributed by atoms with Gasteiger partial charge in [-0.2, -0.15) is 0 Å². The summed E-state index contributed by atoms with van der Waals surface area (Å²) in [6.07, 6.45) is 1.84. The minimum atomic E-state index is 0.911. The van der Waals surface area contributed by atoms with Crippen molar-refractivity contribution in [3.8, 4) is 33.8 Å². The molecule has 0 saturated carbocycles. The molecule has 0 radical (unpaired) electrons. The van der Waals surface area contributed by atoms with Gasteiger partial charge in [0, 0.05) is 44.7 Å². The zero-order chi connectivity index (χ0) is 33.5. The topological polar surface area (TPSA) is 35.9 Å². The lowest BCUT2D eigenvalue weighted by atomic mass is 10.1. The summed E-state index contributed by atoms with van der Waals surface area (Å²) in [4.78, 5) is 4.62. The third-order valence-electron chi connectivity index (χ3n) is 10.4. The van der Waals surface area contributed by atoms with Gasteiger partial charge in [0.25, 0.3) is 0 Å². The standard InChI is InChI=1S/C47H29N3O/c1-2-12-30(13-3-1)31-14-10-16-33(28-31)49-40-21-6-4-18-37(40)44-42(49)25-23-35-36-24-26-43-45(47(36)51-46(35)44)38-19-5-7-22-41(38)50(43)34-17-11-15-32(29-34)39-20-8-9-27-48-39/h1-29H. The van der Waals surface area contributed by atoms with Crippen LogP contribution in [0, 0.1) is 0 Å². The minimum Gasteiger partial charge on any atom is -0.455 e. The fourth-order valence-electron chi connectivity index (χ4n) is 8.15. The molecule has 0 spiro atoms. The summed E-state index contributed by atoms with van der Waals surface area (Å²) in [5, 5.41) is 6.82. The van der Waals surface area contributed by atoms with Gasteiger partial charge in [0.15, 0.2) is 0 Å². The molecule has 0 unspecified atom stereocenters. The van der Waals surface area contributed by atoms with Gasteiger partial charge in [-0.05, 0) is 83.9 Å². The maximum absolute atomic E-state index is 7.14. The molecule has 7 aromatic carbocycles. The van der Waals surface area contributed by atoms with Crippen LogP contribution < -0.4 is 0 Å². The van der Waals surface area contributed by atoms with Gasteiger partial charge in [0.05, 0.1) is 38.5 Å². The summed E-state index contributed by atoms with van der Waals surface area (Å²) in [6, 6.07) is 60.4. The van der Waals surface area contributed by atoms with E-state index in [4.69, 9.17) is 4.42 Å². The quantitative estimate of drug-likeness (QED) is 0.190. The summed E-state index contributed by atoms with van der Waals surface area (Å²) in [6.45, 7) is 0. The molecule has 0 fully saturated rings. The number of fused-ring (bicyclic) bond motifs is 11. The summed E-state index contributed by atoms with van der Waals surface area (Å²) >= 11 is 0. The van der Waals surface area contributed by atoms with Crippen LogP contribution in [-0.4, -0.2) is 14.1 Å². The third-order valence-corrected chi connectivity index (χ3v) is 10.4. The Bertz CT molecular complexity index is 2920. The Balaban J connectivity index is 1.19. The normalized spacial score (nSPS) is 11.9. The van der Waals surface area contributed by atoms with Crippen LogP contribution in [0.1, 0.15) is 0 Å². The van der Waals surface area contributed by atoms with Crippen molar-refractivity contribution in [1.29, 1.82) is 0 Å². The van der Waals surface area contributed by atoms with E-state index in [1.165, 1.54) is 16.5 Å². The molecule has 4 heterocycles. The van der Waals surface area contributed by atoms with E-state index < -0.39 is 0 Å².